The molecule has 2 aliphatic carbocycles. The van der Waals surface area contributed by atoms with Crippen molar-refractivity contribution in [2.45, 2.75) is 110 Å². The van der Waals surface area contributed by atoms with Gasteiger partial charge in [-0.3, -0.25) is 16.7 Å². The number of carbonyl (C=O) groups excluding carboxylic acids is 2. The van der Waals surface area contributed by atoms with Crippen LogP contribution in [-0.2, 0) is 76.3 Å². The number of benzene rings is 4. The highest BCUT2D eigenvalue weighted by Gasteiger charge is 2.43. The fraction of sp³-hybridized carbons (Fsp3) is 0.348. The topological polar surface area (TPSA) is 301 Å². The van der Waals surface area contributed by atoms with E-state index in [4.69, 9.17) is 37.5 Å². The average molecular weight is 1050 g/mol. The number of hydrogen-bond donors (Lipinski definition) is 1. The Morgan fingerprint density at radius 3 is 1.17 bits per heavy atom. The molecule has 2 aliphatic rings. The first kappa shape index (κ1) is 55.1. The second-order valence-corrected chi connectivity index (χ2v) is 22.3. The Morgan fingerprint density at radius 2 is 0.829 bits per heavy atom. The van der Waals surface area contributed by atoms with Gasteiger partial charge in [0.1, 0.15) is 12.2 Å². The Labute approximate surface area is 407 Å². The first-order valence-corrected chi connectivity index (χ1v) is 27.1. The third-order valence-electron chi connectivity index (χ3n) is 10.6. The number of esters is 2. The van der Waals surface area contributed by atoms with E-state index in [1.54, 1.807) is 90.1 Å². The summed E-state index contributed by atoms with van der Waals surface area (Å²) < 4.78 is 135. The Kier molecular flexibility index (Phi) is 18.4. The average Bonchev–Trinajstić information content (AvgIpc) is 3.29. The summed E-state index contributed by atoms with van der Waals surface area (Å²) in [4.78, 5) is 27.1. The SMILES string of the molecule is CCOC(=O)C1=C[C@H](OS(=O)(=O)c2ccc(C)cc2)[C@H](N)[C@H](OS(=O)(=O)c2ccc(C)cc2)C1.CCOC(=O)C1=C[C@H](OS(=O)(=O)c2ccc(C)cc2)[C@H](N=[N+]=[N-])[C@H](OS(=O)(=O)c2ccc(C)cc2)C1. The summed E-state index contributed by atoms with van der Waals surface area (Å²) >= 11 is 0. The van der Waals surface area contributed by atoms with Crippen LogP contribution in [0.3, 0.4) is 0 Å². The second kappa shape index (κ2) is 23.4. The van der Waals surface area contributed by atoms with Crippen LogP contribution in [0, 0.1) is 27.7 Å². The molecule has 0 fully saturated rings. The molecule has 0 heterocycles. The third kappa shape index (κ3) is 14.4. The van der Waals surface area contributed by atoms with Crippen molar-refractivity contribution in [3.05, 3.63) is 153 Å². The van der Waals surface area contributed by atoms with Gasteiger partial charge in [-0.25, -0.2) is 9.59 Å². The van der Waals surface area contributed by atoms with Crippen LogP contribution in [0.4, 0.5) is 0 Å². The molecule has 6 rings (SSSR count). The number of carbonyl (C=O) groups is 2. The molecule has 0 aromatic heterocycles. The molecule has 376 valence electrons. The molecule has 24 heteroatoms. The second-order valence-electron chi connectivity index (χ2n) is 16.0. The van der Waals surface area contributed by atoms with Crippen molar-refractivity contribution in [2.75, 3.05) is 13.2 Å². The van der Waals surface area contributed by atoms with E-state index < -0.39 is 88.9 Å². The number of nitrogens with two attached hydrogens (primary N) is 1. The summed E-state index contributed by atoms with van der Waals surface area (Å²) in [5.74, 6) is -1.54. The van der Waals surface area contributed by atoms with Crippen molar-refractivity contribution >= 4 is 52.4 Å². The zero-order valence-corrected chi connectivity index (χ0v) is 42.0. The molecule has 0 aliphatic heterocycles. The lowest BCUT2D eigenvalue weighted by molar-refractivity contribution is -0.140. The molecule has 0 spiro atoms. The minimum Gasteiger partial charge on any atom is -0.463 e. The van der Waals surface area contributed by atoms with Gasteiger partial charge in [0.2, 0.25) is 0 Å². The van der Waals surface area contributed by atoms with E-state index in [2.05, 4.69) is 10.0 Å². The van der Waals surface area contributed by atoms with E-state index in [0.29, 0.717) is 0 Å². The minimum absolute atomic E-state index is 0.0109. The van der Waals surface area contributed by atoms with Gasteiger partial charge in [0.15, 0.2) is 0 Å². The monoisotopic (exact) mass is 1040 g/mol. The Bertz CT molecular complexity index is 3090. The quantitative estimate of drug-likeness (QED) is 0.0411. The maximum Gasteiger partial charge on any atom is 0.333 e. The third-order valence-corrected chi connectivity index (χ3v) is 15.9. The Balaban J connectivity index is 0.000000261. The van der Waals surface area contributed by atoms with Crippen LogP contribution < -0.4 is 5.73 Å². The first-order chi connectivity index (χ1) is 32.9. The van der Waals surface area contributed by atoms with Crippen molar-refractivity contribution in [3.63, 3.8) is 0 Å². The van der Waals surface area contributed by atoms with Crippen molar-refractivity contribution < 1.29 is 69.5 Å². The zero-order chi connectivity index (χ0) is 51.6. The Hall–Kier alpha value is -5.79. The number of hydrogen-bond acceptors (Lipinski definition) is 18. The van der Waals surface area contributed by atoms with Gasteiger partial charge in [-0.15, -0.1) is 0 Å². The fourth-order valence-corrected chi connectivity index (χ4v) is 11.1. The van der Waals surface area contributed by atoms with Gasteiger partial charge in [0.25, 0.3) is 40.5 Å². The molecule has 0 radical (unpaired) electrons. The predicted octanol–water partition coefficient (Wildman–Crippen LogP) is 6.10. The highest BCUT2D eigenvalue weighted by Crippen LogP contribution is 2.33. The molecule has 0 unspecified atom stereocenters. The summed E-state index contributed by atoms with van der Waals surface area (Å²) in [6, 6.07) is 21.0. The molecule has 0 saturated carbocycles. The molecular formula is C46H52N4O16S4. The molecule has 2 N–H and O–H groups in total. The smallest absolute Gasteiger partial charge is 0.333 e. The van der Waals surface area contributed by atoms with E-state index in [0.717, 1.165) is 28.3 Å². The van der Waals surface area contributed by atoms with E-state index in [1.165, 1.54) is 54.6 Å². The number of azide groups is 1. The molecule has 4 aromatic carbocycles. The van der Waals surface area contributed by atoms with Crippen LogP contribution in [0.15, 0.2) is 145 Å². The number of aryl methyl sites for hydroxylation is 4. The highest BCUT2D eigenvalue weighted by molar-refractivity contribution is 7.87. The predicted molar refractivity (Wildman–Crippen MR) is 253 cm³/mol. The Morgan fingerprint density at radius 1 is 0.529 bits per heavy atom. The maximum atomic E-state index is 13.0. The molecule has 70 heavy (non-hydrogen) atoms. The van der Waals surface area contributed by atoms with Crippen molar-refractivity contribution in [2.24, 2.45) is 10.8 Å². The van der Waals surface area contributed by atoms with Crippen LogP contribution in [-0.4, -0.2) is 95.3 Å². The van der Waals surface area contributed by atoms with E-state index in [-0.39, 0.29) is 56.8 Å². The highest BCUT2D eigenvalue weighted by atomic mass is 32.2. The minimum atomic E-state index is -4.40. The van der Waals surface area contributed by atoms with Crippen LogP contribution in [0.2, 0.25) is 0 Å². The normalized spacial score (nSPS) is 20.6. The summed E-state index contributed by atoms with van der Waals surface area (Å²) in [5.41, 5.74) is 18.6. The summed E-state index contributed by atoms with van der Waals surface area (Å²) in [6.07, 6.45) is -3.75. The zero-order valence-electron chi connectivity index (χ0n) is 38.8. The van der Waals surface area contributed by atoms with Gasteiger partial charge in [0.05, 0.1) is 57.1 Å². The molecule has 0 amide bonds. The summed E-state index contributed by atoms with van der Waals surface area (Å²) in [7, 11) is -17.3. The van der Waals surface area contributed by atoms with Crippen molar-refractivity contribution in [3.8, 4) is 0 Å². The molecule has 20 nitrogen and oxygen atoms in total. The lowest BCUT2D eigenvalue weighted by Gasteiger charge is -2.33. The van der Waals surface area contributed by atoms with Crippen LogP contribution in [0.5, 0.6) is 0 Å². The lowest BCUT2D eigenvalue weighted by Crippen LogP contribution is -2.51. The van der Waals surface area contributed by atoms with Gasteiger partial charge >= 0.3 is 11.9 Å². The number of rotatable bonds is 17. The molecule has 6 atom stereocenters. The molecular weight excluding hydrogens is 993 g/mol. The molecule has 0 bridgehead atoms. The summed E-state index contributed by atoms with van der Waals surface area (Å²) in [6.45, 7) is 10.5. The van der Waals surface area contributed by atoms with Crippen LogP contribution in [0.25, 0.3) is 10.4 Å². The van der Waals surface area contributed by atoms with Gasteiger partial charge < -0.3 is 15.2 Å². The number of ether oxygens (including phenoxy) is 2. The van der Waals surface area contributed by atoms with E-state index in [1.807, 2.05) is 0 Å². The fourth-order valence-electron chi connectivity index (χ4n) is 6.83. The molecule has 4 aromatic rings. The van der Waals surface area contributed by atoms with Gasteiger partial charge in [0, 0.05) is 28.9 Å². The summed E-state index contributed by atoms with van der Waals surface area (Å²) in [5, 5.41) is 3.58. The standard InChI is InChI=1S/C23H25N3O8S2.C23H27NO8S2/c1-4-32-23(27)17-13-20(33-35(28,29)18-9-5-15(2)6-10-18)22(25-26-24)21(14-17)34-36(30,31)19-11-7-16(3)8-12-19;1-4-30-23(25)17-13-20(31-33(26,27)18-9-5-15(2)6-10-18)22(24)21(14-17)32-34(28,29)19-11-7-16(3)8-12-19/h5-13,20-22H,4,14H2,1-3H3;5-13,20-22H,4,14,24H2,1-3H3/t2*20-,21+,22-/m00/s1. The van der Waals surface area contributed by atoms with E-state index >= 15 is 0 Å². The lowest BCUT2D eigenvalue weighted by atomic mass is 9.91. The van der Waals surface area contributed by atoms with Gasteiger partial charge in [-0.2, -0.15) is 33.7 Å². The van der Waals surface area contributed by atoms with Crippen LogP contribution >= 0.6 is 0 Å². The largest absolute Gasteiger partial charge is 0.463 e. The maximum absolute atomic E-state index is 13.0. The van der Waals surface area contributed by atoms with Crippen LogP contribution in [0.1, 0.15) is 48.9 Å². The molecule has 0 saturated heterocycles. The number of nitrogens with zero attached hydrogens (tertiary/aromatic N) is 3. The first-order valence-electron chi connectivity index (χ1n) is 21.4. The van der Waals surface area contributed by atoms with Gasteiger partial charge in [-0.05, 0) is 108 Å². The van der Waals surface area contributed by atoms with E-state index in [9.17, 15) is 43.3 Å². The van der Waals surface area contributed by atoms with Crippen molar-refractivity contribution in [1.82, 2.24) is 0 Å². The van der Waals surface area contributed by atoms with Gasteiger partial charge in [-0.1, -0.05) is 75.9 Å². The van der Waals surface area contributed by atoms with Crippen molar-refractivity contribution in [1.29, 1.82) is 0 Å².